The lowest BCUT2D eigenvalue weighted by Crippen LogP contribution is -1.93. The highest BCUT2D eigenvalue weighted by Crippen LogP contribution is 2.32. The van der Waals surface area contributed by atoms with Gasteiger partial charge in [-0.2, -0.15) is 0 Å². The number of halogens is 1. The molecule has 86 valence electrons. The Bertz CT molecular complexity index is 671. The van der Waals surface area contributed by atoms with E-state index in [1.807, 2.05) is 17.5 Å². The van der Waals surface area contributed by atoms with Crippen molar-refractivity contribution >= 4 is 22.3 Å². The Hall–Kier alpha value is -1.65. The summed E-state index contributed by atoms with van der Waals surface area (Å²) < 4.78 is 18.8. The highest BCUT2D eigenvalue weighted by Gasteiger charge is 2.11. The number of furan rings is 1. The van der Waals surface area contributed by atoms with Gasteiger partial charge in [-0.05, 0) is 35.7 Å². The fourth-order valence-electron chi connectivity index (χ4n) is 1.87. The van der Waals surface area contributed by atoms with Crippen LogP contribution in [0.15, 0.2) is 40.1 Å². The van der Waals surface area contributed by atoms with Gasteiger partial charge >= 0.3 is 0 Å². The summed E-state index contributed by atoms with van der Waals surface area (Å²) in [7, 11) is 0. The Morgan fingerprint density at radius 3 is 2.94 bits per heavy atom. The normalized spacial score (nSPS) is 11.2. The summed E-state index contributed by atoms with van der Waals surface area (Å²) in [5, 5.41) is 2.75. The molecule has 17 heavy (non-hydrogen) atoms. The molecule has 2 nitrogen and oxygen atoms in total. The van der Waals surface area contributed by atoms with Gasteiger partial charge in [-0.1, -0.05) is 0 Å². The monoisotopic (exact) mass is 247 g/mol. The molecule has 3 rings (SSSR count). The van der Waals surface area contributed by atoms with Crippen molar-refractivity contribution in [2.75, 3.05) is 0 Å². The van der Waals surface area contributed by atoms with Crippen molar-refractivity contribution < 1.29 is 8.81 Å². The average Bonchev–Trinajstić information content (AvgIpc) is 2.93. The van der Waals surface area contributed by atoms with E-state index >= 15 is 0 Å². The Balaban J connectivity index is 2.18. The first-order valence-electron chi connectivity index (χ1n) is 5.24. The number of hydrogen-bond donors (Lipinski definition) is 1. The van der Waals surface area contributed by atoms with Gasteiger partial charge in [0.2, 0.25) is 0 Å². The molecule has 0 unspecified atom stereocenters. The van der Waals surface area contributed by atoms with Crippen molar-refractivity contribution in [2.45, 2.75) is 6.54 Å². The van der Waals surface area contributed by atoms with Crippen LogP contribution >= 0.6 is 11.3 Å². The van der Waals surface area contributed by atoms with Gasteiger partial charge in [0, 0.05) is 22.4 Å². The first-order chi connectivity index (χ1) is 8.28. The minimum atomic E-state index is -0.255. The summed E-state index contributed by atoms with van der Waals surface area (Å²) in [6, 6.07) is 8.33. The number of thiophene rings is 1. The predicted octanol–water partition coefficient (Wildman–Crippen LogP) is 3.76. The Kier molecular flexibility index (Phi) is 2.46. The van der Waals surface area contributed by atoms with Gasteiger partial charge in [0.1, 0.15) is 17.2 Å². The zero-order valence-electron chi connectivity index (χ0n) is 8.94. The van der Waals surface area contributed by atoms with Gasteiger partial charge in [0.05, 0.1) is 0 Å². The molecule has 0 aliphatic rings. The maximum absolute atomic E-state index is 13.1. The van der Waals surface area contributed by atoms with Crippen LogP contribution in [0.25, 0.3) is 22.3 Å². The lowest BCUT2D eigenvalue weighted by Gasteiger charge is -1.95. The number of hydrogen-bond acceptors (Lipinski definition) is 3. The summed E-state index contributed by atoms with van der Waals surface area (Å²) in [5.74, 6) is 0.488. The van der Waals surface area contributed by atoms with Crippen LogP contribution < -0.4 is 5.73 Å². The third-order valence-corrected chi connectivity index (χ3v) is 3.62. The van der Waals surface area contributed by atoms with Crippen LogP contribution in [0.1, 0.15) is 4.88 Å². The van der Waals surface area contributed by atoms with Crippen molar-refractivity contribution in [3.63, 3.8) is 0 Å². The molecule has 0 radical (unpaired) electrons. The average molecular weight is 247 g/mol. The van der Waals surface area contributed by atoms with Crippen molar-refractivity contribution in [2.24, 2.45) is 5.73 Å². The fraction of sp³-hybridized carbons (Fsp3) is 0.0769. The quantitative estimate of drug-likeness (QED) is 0.748. The molecule has 0 spiro atoms. The number of nitrogens with two attached hydrogens (primary N) is 1. The summed E-state index contributed by atoms with van der Waals surface area (Å²) in [6.45, 7) is 0.485. The third kappa shape index (κ3) is 1.75. The second-order valence-electron chi connectivity index (χ2n) is 3.75. The third-order valence-electron chi connectivity index (χ3n) is 2.67. The molecule has 0 aliphatic heterocycles. The number of benzene rings is 1. The highest BCUT2D eigenvalue weighted by molar-refractivity contribution is 7.10. The van der Waals surface area contributed by atoms with E-state index in [0.717, 1.165) is 21.6 Å². The molecule has 0 amide bonds. The minimum Gasteiger partial charge on any atom is -0.456 e. The molecule has 0 atom stereocenters. The van der Waals surface area contributed by atoms with Crippen LogP contribution in [0.5, 0.6) is 0 Å². The molecular weight excluding hydrogens is 237 g/mol. The summed E-state index contributed by atoms with van der Waals surface area (Å²) in [4.78, 5) is 1.07. The van der Waals surface area contributed by atoms with Gasteiger partial charge in [-0.25, -0.2) is 4.39 Å². The van der Waals surface area contributed by atoms with Crippen molar-refractivity contribution in [3.05, 3.63) is 46.4 Å². The maximum Gasteiger partial charge on any atom is 0.136 e. The van der Waals surface area contributed by atoms with Crippen LogP contribution in [0.2, 0.25) is 0 Å². The molecule has 0 fully saturated rings. The van der Waals surface area contributed by atoms with Crippen molar-refractivity contribution in [1.29, 1.82) is 0 Å². The second-order valence-corrected chi connectivity index (χ2v) is 4.76. The zero-order valence-corrected chi connectivity index (χ0v) is 9.76. The maximum atomic E-state index is 13.1. The molecule has 2 heterocycles. The first-order valence-corrected chi connectivity index (χ1v) is 6.12. The Morgan fingerprint density at radius 1 is 1.24 bits per heavy atom. The number of rotatable bonds is 2. The largest absolute Gasteiger partial charge is 0.456 e. The van der Waals surface area contributed by atoms with Crippen molar-refractivity contribution in [3.8, 4) is 11.3 Å². The molecule has 0 aliphatic carbocycles. The van der Waals surface area contributed by atoms with Crippen molar-refractivity contribution in [1.82, 2.24) is 0 Å². The lowest BCUT2D eigenvalue weighted by atomic mass is 10.2. The van der Waals surface area contributed by atoms with E-state index in [2.05, 4.69) is 0 Å². The van der Waals surface area contributed by atoms with Crippen LogP contribution in [-0.2, 0) is 6.54 Å². The lowest BCUT2D eigenvalue weighted by molar-refractivity contribution is 0.619. The zero-order chi connectivity index (χ0) is 11.8. The van der Waals surface area contributed by atoms with Crippen LogP contribution in [0.4, 0.5) is 4.39 Å². The van der Waals surface area contributed by atoms with Gasteiger partial charge in [0.15, 0.2) is 0 Å². The van der Waals surface area contributed by atoms with Gasteiger partial charge in [-0.15, -0.1) is 11.3 Å². The minimum absolute atomic E-state index is 0.255. The second kappa shape index (κ2) is 3.98. The topological polar surface area (TPSA) is 39.2 Å². The van der Waals surface area contributed by atoms with Gasteiger partial charge in [0.25, 0.3) is 0 Å². The standard InChI is InChI=1S/C13H10FNOS/c14-9-1-2-11-8(5-9)6-12(16-11)10-3-4-17-13(10)7-15/h1-6H,7,15H2. The smallest absolute Gasteiger partial charge is 0.136 e. The fourth-order valence-corrected chi connectivity index (χ4v) is 2.63. The van der Waals surface area contributed by atoms with E-state index in [9.17, 15) is 4.39 Å². The van der Waals surface area contributed by atoms with Gasteiger partial charge in [-0.3, -0.25) is 0 Å². The molecule has 1 aromatic carbocycles. The molecule has 0 saturated carbocycles. The van der Waals surface area contributed by atoms with E-state index in [1.165, 1.54) is 12.1 Å². The van der Waals surface area contributed by atoms with E-state index in [1.54, 1.807) is 17.4 Å². The van der Waals surface area contributed by atoms with Crippen LogP contribution in [-0.4, -0.2) is 0 Å². The molecule has 2 N–H and O–H groups in total. The molecule has 0 saturated heterocycles. The SMILES string of the molecule is NCc1sccc1-c1cc2cc(F)ccc2o1. The molecular formula is C13H10FNOS. The molecule has 4 heteroatoms. The van der Waals surface area contributed by atoms with E-state index in [-0.39, 0.29) is 5.82 Å². The molecule has 2 aromatic heterocycles. The summed E-state index contributed by atoms with van der Waals surface area (Å²) in [5.41, 5.74) is 7.34. The number of fused-ring (bicyclic) bond motifs is 1. The summed E-state index contributed by atoms with van der Waals surface area (Å²) in [6.07, 6.45) is 0. The molecule has 0 bridgehead atoms. The van der Waals surface area contributed by atoms with E-state index in [0.29, 0.717) is 12.1 Å². The van der Waals surface area contributed by atoms with Gasteiger partial charge < -0.3 is 10.2 Å². The highest BCUT2D eigenvalue weighted by atomic mass is 32.1. The molecule has 3 aromatic rings. The Labute approximate surface area is 101 Å². The van der Waals surface area contributed by atoms with Crippen LogP contribution in [0, 0.1) is 5.82 Å². The predicted molar refractivity (Wildman–Crippen MR) is 67.4 cm³/mol. The van der Waals surface area contributed by atoms with E-state index in [4.69, 9.17) is 10.2 Å². The Morgan fingerprint density at radius 2 is 2.12 bits per heavy atom. The van der Waals surface area contributed by atoms with Crippen LogP contribution in [0.3, 0.4) is 0 Å². The van der Waals surface area contributed by atoms with E-state index < -0.39 is 0 Å². The first kappa shape index (κ1) is 10.5. The summed E-state index contributed by atoms with van der Waals surface area (Å²) >= 11 is 1.60.